The van der Waals surface area contributed by atoms with Gasteiger partial charge in [-0.15, -0.1) is 0 Å². The number of carbonyl (C=O) groups excluding carboxylic acids is 1. The molecular formula is C11H13N5O. The zero-order valence-corrected chi connectivity index (χ0v) is 9.42. The molecule has 3 N–H and O–H groups in total. The van der Waals surface area contributed by atoms with E-state index in [1.54, 1.807) is 31.3 Å². The van der Waals surface area contributed by atoms with E-state index in [-0.39, 0.29) is 5.91 Å². The van der Waals surface area contributed by atoms with Gasteiger partial charge in [0.05, 0.1) is 12.1 Å². The van der Waals surface area contributed by atoms with Crippen molar-refractivity contribution >= 4 is 11.6 Å². The third-order valence-corrected chi connectivity index (χ3v) is 2.39. The molecule has 1 aromatic heterocycles. The number of nitrogen functional groups attached to an aromatic ring is 1. The van der Waals surface area contributed by atoms with Crippen molar-refractivity contribution in [3.05, 3.63) is 42.0 Å². The van der Waals surface area contributed by atoms with Crippen LogP contribution in [0.25, 0.3) is 0 Å². The number of aromatic amines is 1. The van der Waals surface area contributed by atoms with Crippen LogP contribution in [0.5, 0.6) is 0 Å². The van der Waals surface area contributed by atoms with Gasteiger partial charge in [-0.25, -0.2) is 4.98 Å². The number of amides is 1. The number of rotatable bonds is 3. The molecule has 1 aromatic carbocycles. The van der Waals surface area contributed by atoms with Crippen LogP contribution in [-0.2, 0) is 6.54 Å². The largest absolute Gasteiger partial charge is 0.398 e. The first-order chi connectivity index (χ1) is 8.18. The highest BCUT2D eigenvalue weighted by atomic mass is 16.2. The minimum atomic E-state index is -0.139. The lowest BCUT2D eigenvalue weighted by atomic mass is 10.1. The first kappa shape index (κ1) is 11.1. The summed E-state index contributed by atoms with van der Waals surface area (Å²) >= 11 is 0. The van der Waals surface area contributed by atoms with Crippen LogP contribution in [-0.4, -0.2) is 33.0 Å². The van der Waals surface area contributed by atoms with Crippen LogP contribution >= 0.6 is 0 Å². The first-order valence-corrected chi connectivity index (χ1v) is 5.12. The number of nitrogens with one attached hydrogen (secondary N) is 1. The number of hydrogen-bond acceptors (Lipinski definition) is 4. The van der Waals surface area contributed by atoms with Gasteiger partial charge in [0, 0.05) is 12.7 Å². The van der Waals surface area contributed by atoms with E-state index >= 15 is 0 Å². The SMILES string of the molecule is CN(Cc1ncn[nH]1)C(=O)c1ccccc1N. The molecule has 2 rings (SSSR count). The van der Waals surface area contributed by atoms with Gasteiger partial charge in [-0.2, -0.15) is 5.10 Å². The molecule has 0 unspecified atom stereocenters. The van der Waals surface area contributed by atoms with Crippen LogP contribution in [0.4, 0.5) is 5.69 Å². The van der Waals surface area contributed by atoms with Gasteiger partial charge in [-0.1, -0.05) is 12.1 Å². The summed E-state index contributed by atoms with van der Waals surface area (Å²) in [5.41, 5.74) is 6.72. The predicted molar refractivity (Wildman–Crippen MR) is 63.0 cm³/mol. The Hall–Kier alpha value is -2.37. The molecule has 0 bridgehead atoms. The smallest absolute Gasteiger partial charge is 0.256 e. The Morgan fingerprint density at radius 2 is 2.24 bits per heavy atom. The Kier molecular flexibility index (Phi) is 3.04. The normalized spacial score (nSPS) is 10.2. The maximum Gasteiger partial charge on any atom is 0.256 e. The van der Waals surface area contributed by atoms with Crippen molar-refractivity contribution < 1.29 is 4.79 Å². The van der Waals surface area contributed by atoms with Crippen LogP contribution < -0.4 is 5.73 Å². The third-order valence-electron chi connectivity index (χ3n) is 2.39. The lowest BCUT2D eigenvalue weighted by molar-refractivity contribution is 0.0783. The Bertz CT molecular complexity index is 508. The maximum atomic E-state index is 12.1. The van der Waals surface area contributed by atoms with Crippen molar-refractivity contribution in [2.24, 2.45) is 0 Å². The van der Waals surface area contributed by atoms with E-state index in [0.29, 0.717) is 23.6 Å². The second-order valence-corrected chi connectivity index (χ2v) is 3.68. The van der Waals surface area contributed by atoms with Crippen LogP contribution in [0.1, 0.15) is 16.2 Å². The van der Waals surface area contributed by atoms with E-state index in [0.717, 1.165) is 0 Å². The quantitative estimate of drug-likeness (QED) is 0.759. The number of hydrogen-bond donors (Lipinski definition) is 2. The van der Waals surface area contributed by atoms with Gasteiger partial charge in [0.25, 0.3) is 5.91 Å². The fourth-order valence-electron chi connectivity index (χ4n) is 1.50. The van der Waals surface area contributed by atoms with Crippen molar-refractivity contribution in [3.63, 3.8) is 0 Å². The summed E-state index contributed by atoms with van der Waals surface area (Å²) in [5, 5.41) is 6.43. The summed E-state index contributed by atoms with van der Waals surface area (Å²) in [7, 11) is 1.69. The van der Waals surface area contributed by atoms with Crippen molar-refractivity contribution in [1.29, 1.82) is 0 Å². The van der Waals surface area contributed by atoms with E-state index in [9.17, 15) is 4.79 Å². The number of para-hydroxylation sites is 1. The minimum absolute atomic E-state index is 0.139. The second-order valence-electron chi connectivity index (χ2n) is 3.68. The molecule has 17 heavy (non-hydrogen) atoms. The molecule has 6 nitrogen and oxygen atoms in total. The molecule has 0 aliphatic rings. The van der Waals surface area contributed by atoms with E-state index < -0.39 is 0 Å². The molecule has 0 saturated heterocycles. The number of benzene rings is 1. The monoisotopic (exact) mass is 231 g/mol. The van der Waals surface area contributed by atoms with Gasteiger partial charge < -0.3 is 10.6 Å². The van der Waals surface area contributed by atoms with E-state index in [1.807, 2.05) is 0 Å². The number of carbonyl (C=O) groups is 1. The molecule has 0 spiro atoms. The minimum Gasteiger partial charge on any atom is -0.398 e. The Balaban J connectivity index is 2.13. The Morgan fingerprint density at radius 3 is 2.88 bits per heavy atom. The average molecular weight is 231 g/mol. The van der Waals surface area contributed by atoms with Crippen molar-refractivity contribution in [3.8, 4) is 0 Å². The first-order valence-electron chi connectivity index (χ1n) is 5.12. The van der Waals surface area contributed by atoms with Crippen LogP contribution in [0, 0.1) is 0 Å². The van der Waals surface area contributed by atoms with Crippen molar-refractivity contribution in [1.82, 2.24) is 20.1 Å². The van der Waals surface area contributed by atoms with E-state index in [1.165, 1.54) is 11.2 Å². The molecule has 0 aliphatic heterocycles. The molecule has 1 amide bonds. The van der Waals surface area contributed by atoms with Gasteiger partial charge in [-0.3, -0.25) is 9.89 Å². The van der Waals surface area contributed by atoms with Gasteiger partial charge in [-0.05, 0) is 12.1 Å². The molecule has 0 atom stereocenters. The standard InChI is InChI=1S/C11H13N5O/c1-16(6-10-13-7-14-15-10)11(17)8-4-2-3-5-9(8)12/h2-5,7H,6,12H2,1H3,(H,13,14,15). The highest BCUT2D eigenvalue weighted by Gasteiger charge is 2.15. The summed E-state index contributed by atoms with van der Waals surface area (Å²) in [6, 6.07) is 6.98. The lowest BCUT2D eigenvalue weighted by Gasteiger charge is -2.16. The summed E-state index contributed by atoms with van der Waals surface area (Å²) in [6.07, 6.45) is 1.41. The molecule has 0 radical (unpaired) electrons. The maximum absolute atomic E-state index is 12.1. The molecule has 88 valence electrons. The molecule has 0 saturated carbocycles. The van der Waals surface area contributed by atoms with E-state index in [4.69, 9.17) is 5.73 Å². The van der Waals surface area contributed by atoms with Crippen LogP contribution in [0.3, 0.4) is 0 Å². The van der Waals surface area contributed by atoms with Crippen LogP contribution in [0.15, 0.2) is 30.6 Å². The van der Waals surface area contributed by atoms with E-state index in [2.05, 4.69) is 15.2 Å². The van der Waals surface area contributed by atoms with Gasteiger partial charge in [0.2, 0.25) is 0 Å². The second kappa shape index (κ2) is 4.65. The number of H-pyrrole nitrogens is 1. The van der Waals surface area contributed by atoms with Crippen molar-refractivity contribution in [2.75, 3.05) is 12.8 Å². The fourth-order valence-corrected chi connectivity index (χ4v) is 1.50. The molecule has 0 aliphatic carbocycles. The molecule has 2 aromatic rings. The zero-order valence-electron chi connectivity index (χ0n) is 9.42. The van der Waals surface area contributed by atoms with Gasteiger partial charge >= 0.3 is 0 Å². The van der Waals surface area contributed by atoms with Gasteiger partial charge in [0.15, 0.2) is 0 Å². The lowest BCUT2D eigenvalue weighted by Crippen LogP contribution is -2.27. The molecule has 1 heterocycles. The number of nitrogens with zero attached hydrogens (tertiary/aromatic N) is 3. The zero-order chi connectivity index (χ0) is 12.3. The molecule has 6 heteroatoms. The number of aromatic nitrogens is 3. The van der Waals surface area contributed by atoms with Crippen molar-refractivity contribution in [2.45, 2.75) is 6.54 Å². The fraction of sp³-hybridized carbons (Fsp3) is 0.182. The summed E-state index contributed by atoms with van der Waals surface area (Å²) in [6.45, 7) is 0.368. The Labute approximate surface area is 98.5 Å². The highest BCUT2D eigenvalue weighted by molar-refractivity contribution is 5.98. The predicted octanol–water partition coefficient (Wildman–Crippen LogP) is 0.659. The highest BCUT2D eigenvalue weighted by Crippen LogP contribution is 2.13. The molecule has 0 fully saturated rings. The third kappa shape index (κ3) is 2.41. The summed E-state index contributed by atoms with van der Waals surface area (Å²) in [4.78, 5) is 17.6. The topological polar surface area (TPSA) is 87.9 Å². The van der Waals surface area contributed by atoms with Gasteiger partial charge in [0.1, 0.15) is 12.2 Å². The Morgan fingerprint density at radius 1 is 1.47 bits per heavy atom. The summed E-state index contributed by atoms with van der Waals surface area (Å²) in [5.74, 6) is 0.495. The number of nitrogens with two attached hydrogens (primary N) is 1. The average Bonchev–Trinajstić information content (AvgIpc) is 2.81. The number of anilines is 1. The summed E-state index contributed by atoms with van der Waals surface area (Å²) < 4.78 is 0. The van der Waals surface area contributed by atoms with Crippen LogP contribution in [0.2, 0.25) is 0 Å². The molecular weight excluding hydrogens is 218 g/mol.